The first-order valence-corrected chi connectivity index (χ1v) is 8.03. The maximum Gasteiger partial charge on any atom is 0.147 e. The van der Waals surface area contributed by atoms with Gasteiger partial charge in [0.1, 0.15) is 9.84 Å². The molecule has 0 aliphatic heterocycles. The van der Waals surface area contributed by atoms with Gasteiger partial charge >= 0.3 is 0 Å². The Kier molecular flexibility index (Phi) is 5.43. The first-order chi connectivity index (χ1) is 7.92. The van der Waals surface area contributed by atoms with Gasteiger partial charge in [0.05, 0.1) is 5.75 Å². The molecule has 0 spiro atoms. The van der Waals surface area contributed by atoms with Crippen LogP contribution in [0.25, 0.3) is 0 Å². The number of nitrogens with one attached hydrogen (secondary N) is 1. The Hall–Kier alpha value is -0.580. The van der Waals surface area contributed by atoms with Gasteiger partial charge in [-0.05, 0) is 30.7 Å². The highest BCUT2D eigenvalue weighted by atomic mass is 35.5. The summed E-state index contributed by atoms with van der Waals surface area (Å²) in [6, 6.07) is 7.56. The van der Waals surface area contributed by atoms with Crippen LogP contribution in [0.2, 0.25) is 5.02 Å². The van der Waals surface area contributed by atoms with Crippen LogP contribution in [0.3, 0.4) is 0 Å². The van der Waals surface area contributed by atoms with Crippen molar-refractivity contribution in [3.63, 3.8) is 0 Å². The van der Waals surface area contributed by atoms with Gasteiger partial charge in [0, 0.05) is 17.3 Å². The Morgan fingerprint density at radius 1 is 1.29 bits per heavy atom. The molecule has 0 aliphatic rings. The van der Waals surface area contributed by atoms with Crippen molar-refractivity contribution in [2.75, 3.05) is 18.6 Å². The number of rotatable bonds is 6. The smallest absolute Gasteiger partial charge is 0.147 e. The fraction of sp³-hybridized carbons (Fsp3) is 0.500. The second-order valence-electron chi connectivity index (χ2n) is 4.08. The van der Waals surface area contributed by atoms with Crippen molar-refractivity contribution in [1.82, 2.24) is 5.32 Å². The summed E-state index contributed by atoms with van der Waals surface area (Å²) in [7, 11) is -2.92. The van der Waals surface area contributed by atoms with E-state index in [0.717, 1.165) is 12.1 Å². The minimum absolute atomic E-state index is 0.0620. The van der Waals surface area contributed by atoms with E-state index >= 15 is 0 Å². The molecule has 5 heteroatoms. The van der Waals surface area contributed by atoms with E-state index in [9.17, 15) is 8.42 Å². The maximum absolute atomic E-state index is 11.2. The van der Waals surface area contributed by atoms with Gasteiger partial charge in [-0.15, -0.1) is 0 Å². The van der Waals surface area contributed by atoms with E-state index < -0.39 is 9.84 Å². The molecule has 1 rings (SSSR count). The molecule has 0 radical (unpaired) electrons. The van der Waals surface area contributed by atoms with Crippen molar-refractivity contribution in [3.05, 3.63) is 34.9 Å². The van der Waals surface area contributed by atoms with Gasteiger partial charge in [0.25, 0.3) is 0 Å². The Balaban J connectivity index is 2.75. The van der Waals surface area contributed by atoms with Crippen molar-refractivity contribution >= 4 is 21.4 Å². The predicted molar refractivity (Wildman–Crippen MR) is 72.2 cm³/mol. The number of halogens is 1. The molecule has 0 fully saturated rings. The Bertz CT molecular complexity index is 442. The van der Waals surface area contributed by atoms with Crippen LogP contribution >= 0.6 is 11.6 Å². The van der Waals surface area contributed by atoms with Crippen molar-refractivity contribution in [2.24, 2.45) is 0 Å². The number of benzene rings is 1. The van der Waals surface area contributed by atoms with Gasteiger partial charge in [-0.25, -0.2) is 8.42 Å². The fourth-order valence-corrected chi connectivity index (χ4v) is 2.45. The monoisotopic (exact) mass is 275 g/mol. The van der Waals surface area contributed by atoms with Crippen LogP contribution in [0.1, 0.15) is 24.9 Å². The highest BCUT2D eigenvalue weighted by Gasteiger charge is 2.13. The molecule has 0 bridgehead atoms. The standard InChI is InChI=1S/C12H18ClNO2S/c1-3-14-12(8-9-17(2,15)16)10-4-6-11(13)7-5-10/h4-7,12,14H,3,8-9H2,1-2H3. The first kappa shape index (κ1) is 14.5. The lowest BCUT2D eigenvalue weighted by molar-refractivity contribution is 0.530. The molecule has 0 saturated heterocycles. The number of sulfone groups is 1. The van der Waals surface area contributed by atoms with Crippen LogP contribution in [-0.4, -0.2) is 27.0 Å². The largest absolute Gasteiger partial charge is 0.310 e. The Morgan fingerprint density at radius 2 is 1.88 bits per heavy atom. The number of hydrogen-bond donors (Lipinski definition) is 1. The van der Waals surface area contributed by atoms with Crippen LogP contribution in [0.4, 0.5) is 0 Å². The molecule has 1 unspecified atom stereocenters. The van der Waals surface area contributed by atoms with E-state index in [1.807, 2.05) is 31.2 Å². The van der Waals surface area contributed by atoms with Crippen molar-refractivity contribution in [3.8, 4) is 0 Å². The molecule has 96 valence electrons. The van der Waals surface area contributed by atoms with Gasteiger partial charge in [-0.1, -0.05) is 30.7 Å². The zero-order valence-electron chi connectivity index (χ0n) is 10.1. The van der Waals surface area contributed by atoms with Gasteiger partial charge < -0.3 is 5.32 Å². The van der Waals surface area contributed by atoms with Crippen molar-refractivity contribution in [2.45, 2.75) is 19.4 Å². The summed E-state index contributed by atoms with van der Waals surface area (Å²) < 4.78 is 22.4. The molecule has 0 heterocycles. The zero-order chi connectivity index (χ0) is 12.9. The maximum atomic E-state index is 11.2. The Labute approximate surface area is 108 Å². The quantitative estimate of drug-likeness (QED) is 0.867. The van der Waals surface area contributed by atoms with Gasteiger partial charge in [-0.2, -0.15) is 0 Å². The molecule has 1 N–H and O–H groups in total. The van der Waals surface area contributed by atoms with Gasteiger partial charge in [0.2, 0.25) is 0 Å². The molecular formula is C12H18ClNO2S. The fourth-order valence-electron chi connectivity index (χ4n) is 1.66. The molecular weight excluding hydrogens is 258 g/mol. The summed E-state index contributed by atoms with van der Waals surface area (Å²) in [5.41, 5.74) is 1.07. The predicted octanol–water partition coefficient (Wildman–Crippen LogP) is 2.43. The molecule has 0 aliphatic carbocycles. The second-order valence-corrected chi connectivity index (χ2v) is 6.78. The number of hydrogen-bond acceptors (Lipinski definition) is 3. The molecule has 3 nitrogen and oxygen atoms in total. The third-order valence-corrected chi connectivity index (χ3v) is 3.73. The lowest BCUT2D eigenvalue weighted by Gasteiger charge is -2.17. The van der Waals surface area contributed by atoms with E-state index in [-0.39, 0.29) is 11.8 Å². The average Bonchev–Trinajstić information content (AvgIpc) is 2.24. The summed E-state index contributed by atoms with van der Waals surface area (Å²) in [5.74, 6) is 0.188. The van der Waals surface area contributed by atoms with Crippen LogP contribution in [-0.2, 0) is 9.84 Å². The van der Waals surface area contributed by atoms with Crippen LogP contribution < -0.4 is 5.32 Å². The molecule has 0 aromatic heterocycles. The van der Waals surface area contributed by atoms with E-state index in [2.05, 4.69) is 5.32 Å². The van der Waals surface area contributed by atoms with E-state index in [1.54, 1.807) is 0 Å². The third kappa shape index (κ3) is 5.52. The minimum Gasteiger partial charge on any atom is -0.310 e. The van der Waals surface area contributed by atoms with E-state index in [0.29, 0.717) is 11.4 Å². The average molecular weight is 276 g/mol. The van der Waals surface area contributed by atoms with Crippen LogP contribution in [0.5, 0.6) is 0 Å². The summed E-state index contributed by atoms with van der Waals surface area (Å²) in [4.78, 5) is 0. The first-order valence-electron chi connectivity index (χ1n) is 5.59. The van der Waals surface area contributed by atoms with Crippen LogP contribution in [0, 0.1) is 0 Å². The van der Waals surface area contributed by atoms with Crippen LogP contribution in [0.15, 0.2) is 24.3 Å². The molecule has 17 heavy (non-hydrogen) atoms. The summed E-state index contributed by atoms with van der Waals surface area (Å²) >= 11 is 5.83. The topological polar surface area (TPSA) is 46.2 Å². The zero-order valence-corrected chi connectivity index (χ0v) is 11.7. The highest BCUT2D eigenvalue weighted by molar-refractivity contribution is 7.90. The molecule has 0 amide bonds. The summed E-state index contributed by atoms with van der Waals surface area (Å²) in [6.07, 6.45) is 1.84. The molecule has 1 atom stereocenters. The summed E-state index contributed by atoms with van der Waals surface area (Å²) in [6.45, 7) is 2.81. The molecule has 1 aromatic rings. The van der Waals surface area contributed by atoms with Gasteiger partial charge in [-0.3, -0.25) is 0 Å². The second kappa shape index (κ2) is 6.38. The molecule has 1 aromatic carbocycles. The van der Waals surface area contributed by atoms with Crippen molar-refractivity contribution < 1.29 is 8.42 Å². The highest BCUT2D eigenvalue weighted by Crippen LogP contribution is 2.19. The van der Waals surface area contributed by atoms with Crippen molar-refractivity contribution in [1.29, 1.82) is 0 Å². The minimum atomic E-state index is -2.92. The summed E-state index contributed by atoms with van der Waals surface area (Å²) in [5, 5.41) is 3.97. The molecule has 0 saturated carbocycles. The lowest BCUT2D eigenvalue weighted by atomic mass is 10.0. The van der Waals surface area contributed by atoms with E-state index in [4.69, 9.17) is 11.6 Å². The third-order valence-electron chi connectivity index (χ3n) is 2.50. The van der Waals surface area contributed by atoms with Gasteiger partial charge in [0.15, 0.2) is 0 Å². The normalized spacial score (nSPS) is 13.6. The SMILES string of the molecule is CCNC(CCS(C)(=O)=O)c1ccc(Cl)cc1. The lowest BCUT2D eigenvalue weighted by Crippen LogP contribution is -2.23. The Morgan fingerprint density at radius 3 is 2.35 bits per heavy atom. The van der Waals surface area contributed by atoms with E-state index in [1.165, 1.54) is 6.26 Å².